The fourth-order valence-electron chi connectivity index (χ4n) is 2.64. The van der Waals surface area contributed by atoms with E-state index >= 15 is 0 Å². The maximum Gasteiger partial charge on any atom is 0.327 e. The highest BCUT2D eigenvalue weighted by molar-refractivity contribution is 8.14. The van der Waals surface area contributed by atoms with Crippen molar-refractivity contribution < 1.29 is 19.1 Å². The lowest BCUT2D eigenvalue weighted by atomic mass is 10.2. The third-order valence-corrected chi connectivity index (χ3v) is 5.71. The summed E-state index contributed by atoms with van der Waals surface area (Å²) in [5.41, 5.74) is 1.28. The summed E-state index contributed by atoms with van der Waals surface area (Å²) >= 11 is 7.03. The first-order valence-corrected chi connectivity index (χ1v) is 10.9. The highest BCUT2D eigenvalue weighted by atomic mass is 35.5. The van der Waals surface area contributed by atoms with Crippen molar-refractivity contribution in [1.29, 1.82) is 0 Å². The molecule has 6 nitrogen and oxygen atoms in total. The maximum absolute atomic E-state index is 13.1. The molecule has 0 aliphatic heterocycles. The Bertz CT molecular complexity index is 861. The zero-order valence-electron chi connectivity index (χ0n) is 17.2. The highest BCUT2D eigenvalue weighted by Crippen LogP contribution is 2.22. The van der Waals surface area contributed by atoms with Gasteiger partial charge in [0.05, 0.1) is 12.3 Å². The van der Waals surface area contributed by atoms with Gasteiger partial charge in [0.1, 0.15) is 6.54 Å². The zero-order valence-corrected chi connectivity index (χ0v) is 18.8. The number of esters is 1. The SMILES string of the molecule is CCOC(=O)CN(C(=O)C(C)CSC(=O)c1ccccc1)N(C)c1ccc(Cl)cc1. The van der Waals surface area contributed by atoms with Crippen LogP contribution in [0.3, 0.4) is 0 Å². The van der Waals surface area contributed by atoms with Gasteiger partial charge in [0.2, 0.25) is 11.0 Å². The number of hydrogen-bond acceptors (Lipinski definition) is 6. The van der Waals surface area contributed by atoms with Crippen LogP contribution in [0, 0.1) is 5.92 Å². The molecule has 0 heterocycles. The summed E-state index contributed by atoms with van der Waals surface area (Å²) in [5.74, 6) is -0.993. The Labute approximate surface area is 186 Å². The largest absolute Gasteiger partial charge is 0.465 e. The van der Waals surface area contributed by atoms with Crippen molar-refractivity contribution >= 4 is 46.0 Å². The van der Waals surface area contributed by atoms with Gasteiger partial charge >= 0.3 is 5.97 Å². The average molecular weight is 449 g/mol. The number of halogens is 1. The molecule has 2 aromatic rings. The molecule has 0 saturated heterocycles. The van der Waals surface area contributed by atoms with Crippen LogP contribution in [0.4, 0.5) is 5.69 Å². The smallest absolute Gasteiger partial charge is 0.327 e. The lowest BCUT2D eigenvalue weighted by molar-refractivity contribution is -0.150. The summed E-state index contributed by atoms with van der Waals surface area (Å²) in [5, 5.41) is 3.40. The van der Waals surface area contributed by atoms with Crippen molar-refractivity contribution in [1.82, 2.24) is 5.01 Å². The van der Waals surface area contributed by atoms with E-state index < -0.39 is 11.9 Å². The molecule has 160 valence electrons. The molecule has 1 unspecified atom stereocenters. The second-order valence-electron chi connectivity index (χ2n) is 6.57. The molecular formula is C22H25ClN2O4S. The lowest BCUT2D eigenvalue weighted by Crippen LogP contribution is -2.50. The number of thioether (sulfide) groups is 1. The summed E-state index contributed by atoms with van der Waals surface area (Å²) in [6, 6.07) is 15.8. The number of rotatable bonds is 9. The Hall–Kier alpha value is -2.51. The van der Waals surface area contributed by atoms with Gasteiger partial charge in [-0.15, -0.1) is 0 Å². The third kappa shape index (κ3) is 6.78. The van der Waals surface area contributed by atoms with Gasteiger partial charge < -0.3 is 4.74 Å². The second kappa shape index (κ2) is 11.6. The predicted molar refractivity (Wildman–Crippen MR) is 121 cm³/mol. The minimum Gasteiger partial charge on any atom is -0.465 e. The van der Waals surface area contributed by atoms with Gasteiger partial charge in [-0.2, -0.15) is 0 Å². The first-order valence-electron chi connectivity index (χ1n) is 9.51. The fourth-order valence-corrected chi connectivity index (χ4v) is 3.61. The Kier molecular flexibility index (Phi) is 9.20. The first-order chi connectivity index (χ1) is 14.3. The van der Waals surface area contributed by atoms with E-state index in [4.69, 9.17) is 16.3 Å². The molecule has 1 amide bonds. The Morgan fingerprint density at radius 2 is 1.70 bits per heavy atom. The molecule has 0 aromatic heterocycles. The highest BCUT2D eigenvalue weighted by Gasteiger charge is 2.27. The molecule has 0 radical (unpaired) electrons. The molecule has 0 fully saturated rings. The molecular weight excluding hydrogens is 424 g/mol. The molecule has 0 aliphatic carbocycles. The number of anilines is 1. The van der Waals surface area contributed by atoms with Crippen molar-refractivity contribution in [2.24, 2.45) is 5.92 Å². The average Bonchev–Trinajstić information content (AvgIpc) is 2.76. The van der Waals surface area contributed by atoms with Crippen LogP contribution >= 0.6 is 23.4 Å². The van der Waals surface area contributed by atoms with E-state index in [1.165, 1.54) is 5.01 Å². The second-order valence-corrected chi connectivity index (χ2v) is 8.00. The van der Waals surface area contributed by atoms with E-state index in [9.17, 15) is 14.4 Å². The number of ether oxygens (including phenoxy) is 1. The monoisotopic (exact) mass is 448 g/mol. The number of hydrazine groups is 1. The van der Waals surface area contributed by atoms with Crippen LogP contribution in [-0.2, 0) is 14.3 Å². The van der Waals surface area contributed by atoms with Crippen LogP contribution in [0.5, 0.6) is 0 Å². The molecule has 2 aromatic carbocycles. The van der Waals surface area contributed by atoms with Gasteiger partial charge in [0, 0.05) is 29.3 Å². The van der Waals surface area contributed by atoms with Crippen LogP contribution < -0.4 is 5.01 Å². The van der Waals surface area contributed by atoms with Gasteiger partial charge in [-0.3, -0.25) is 19.4 Å². The minimum atomic E-state index is -0.508. The van der Waals surface area contributed by atoms with Crippen LogP contribution in [0.15, 0.2) is 54.6 Å². The Balaban J connectivity index is 2.11. The van der Waals surface area contributed by atoms with Crippen molar-refractivity contribution in [3.05, 3.63) is 65.2 Å². The molecule has 2 rings (SSSR count). The number of nitrogens with zero attached hydrogens (tertiary/aromatic N) is 2. The van der Waals surface area contributed by atoms with Crippen molar-refractivity contribution in [3.8, 4) is 0 Å². The number of benzene rings is 2. The van der Waals surface area contributed by atoms with Crippen LogP contribution in [-0.4, -0.2) is 48.0 Å². The fraction of sp³-hybridized carbons (Fsp3) is 0.318. The maximum atomic E-state index is 13.1. The molecule has 0 N–H and O–H groups in total. The van der Waals surface area contributed by atoms with Crippen molar-refractivity contribution in [3.63, 3.8) is 0 Å². The summed E-state index contributed by atoms with van der Waals surface area (Å²) in [4.78, 5) is 37.6. The third-order valence-electron chi connectivity index (χ3n) is 4.30. The van der Waals surface area contributed by atoms with Gasteiger partial charge in [-0.25, -0.2) is 5.01 Å². The molecule has 0 aliphatic rings. The van der Waals surface area contributed by atoms with Crippen molar-refractivity contribution in [2.45, 2.75) is 13.8 Å². The van der Waals surface area contributed by atoms with E-state index in [-0.39, 0.29) is 24.2 Å². The summed E-state index contributed by atoms with van der Waals surface area (Å²) in [6.45, 7) is 3.44. The summed E-state index contributed by atoms with van der Waals surface area (Å²) in [7, 11) is 1.69. The molecule has 1 atom stereocenters. The number of amides is 1. The van der Waals surface area contributed by atoms with E-state index in [1.807, 2.05) is 6.07 Å². The summed E-state index contributed by atoms with van der Waals surface area (Å²) in [6.07, 6.45) is 0. The quantitative estimate of drug-likeness (QED) is 0.421. The minimum absolute atomic E-state index is 0.0988. The van der Waals surface area contributed by atoms with Crippen molar-refractivity contribution in [2.75, 3.05) is 31.0 Å². The molecule has 30 heavy (non-hydrogen) atoms. The van der Waals surface area contributed by atoms with E-state index in [1.54, 1.807) is 74.4 Å². The lowest BCUT2D eigenvalue weighted by Gasteiger charge is -2.34. The Morgan fingerprint density at radius 3 is 2.30 bits per heavy atom. The molecule has 0 bridgehead atoms. The number of carbonyl (C=O) groups excluding carboxylic acids is 3. The normalized spacial score (nSPS) is 11.5. The molecule has 8 heteroatoms. The van der Waals surface area contributed by atoms with E-state index in [2.05, 4.69) is 0 Å². The standard InChI is InChI=1S/C22H25ClN2O4S/c1-4-29-20(26)14-25(24(3)19-12-10-18(23)11-13-19)21(27)16(2)15-30-22(28)17-8-6-5-7-9-17/h5-13,16H,4,14-15H2,1-3H3. The van der Waals surface area contributed by atoms with Gasteiger partial charge in [0.25, 0.3) is 0 Å². The van der Waals surface area contributed by atoms with Crippen LogP contribution in [0.25, 0.3) is 0 Å². The molecule has 0 saturated carbocycles. The van der Waals surface area contributed by atoms with Gasteiger partial charge in [-0.05, 0) is 31.2 Å². The number of carbonyl (C=O) groups is 3. The zero-order chi connectivity index (χ0) is 22.1. The van der Waals surface area contributed by atoms with Crippen LogP contribution in [0.1, 0.15) is 24.2 Å². The topological polar surface area (TPSA) is 66.9 Å². The predicted octanol–water partition coefficient (Wildman–Crippen LogP) is 4.29. The van der Waals surface area contributed by atoms with Crippen LogP contribution in [0.2, 0.25) is 5.02 Å². The first kappa shape index (κ1) is 23.8. The van der Waals surface area contributed by atoms with Gasteiger partial charge in [0.15, 0.2) is 0 Å². The van der Waals surface area contributed by atoms with E-state index in [0.29, 0.717) is 22.0 Å². The molecule has 0 spiro atoms. The Morgan fingerprint density at radius 1 is 1.07 bits per heavy atom. The van der Waals surface area contributed by atoms with Gasteiger partial charge in [-0.1, -0.05) is 60.6 Å². The summed E-state index contributed by atoms with van der Waals surface area (Å²) < 4.78 is 5.02. The van der Waals surface area contributed by atoms with E-state index in [0.717, 1.165) is 11.8 Å². The number of hydrogen-bond donors (Lipinski definition) is 0.